The van der Waals surface area contributed by atoms with Crippen LogP contribution in [-0.4, -0.2) is 36.3 Å². The van der Waals surface area contributed by atoms with E-state index < -0.39 is 22.2 Å². The second-order valence-electron chi connectivity index (χ2n) is 4.38. The molecule has 0 aromatic rings. The summed E-state index contributed by atoms with van der Waals surface area (Å²) in [7, 11) is 2.42. The van der Waals surface area contributed by atoms with Crippen molar-refractivity contribution in [3.63, 3.8) is 0 Å². The number of alkyl halides is 1. The molecule has 0 saturated heterocycles. The van der Waals surface area contributed by atoms with Crippen LogP contribution in [0.1, 0.15) is 32.1 Å². The predicted molar refractivity (Wildman–Crippen MR) is 67.3 cm³/mol. The Balaban J connectivity index is 3.04. The summed E-state index contributed by atoms with van der Waals surface area (Å²) < 4.78 is 7.77. The van der Waals surface area contributed by atoms with Gasteiger partial charge in [-0.05, 0) is 12.8 Å². The molecule has 0 heterocycles. The number of ether oxygens (including phenoxy) is 2. The maximum Gasteiger partial charge on any atom is 0.334 e. The number of carbonyl (C=O) groups excluding carboxylic acids is 3. The van der Waals surface area contributed by atoms with Crippen molar-refractivity contribution in [2.45, 2.75) is 36.4 Å². The lowest BCUT2D eigenvalue weighted by Crippen LogP contribution is -2.49. The monoisotopic (exact) mass is 320 g/mol. The molecule has 6 heteroatoms. The average Bonchev–Trinajstić information content (AvgIpc) is 2.60. The standard InChI is InChI=1S/C12H17BrO5/c1-17-10(15)12(13,11(16)18-2)8-5-3-4-6-9(14)7-8/h8H,3-7H2,1-2H3. The van der Waals surface area contributed by atoms with Crippen molar-refractivity contribution in [3.05, 3.63) is 0 Å². The normalized spacial score (nSPS) is 21.1. The van der Waals surface area contributed by atoms with Gasteiger partial charge in [-0.25, -0.2) is 9.59 Å². The molecule has 1 aliphatic carbocycles. The Bertz CT molecular complexity index is 336. The summed E-state index contributed by atoms with van der Waals surface area (Å²) in [5.41, 5.74) is 0. The van der Waals surface area contributed by atoms with Gasteiger partial charge in [0.15, 0.2) is 0 Å². The molecule has 102 valence electrons. The van der Waals surface area contributed by atoms with Gasteiger partial charge in [-0.1, -0.05) is 22.4 Å². The minimum absolute atomic E-state index is 0.0640. The van der Waals surface area contributed by atoms with Crippen molar-refractivity contribution in [3.8, 4) is 0 Å². The van der Waals surface area contributed by atoms with Gasteiger partial charge in [0.25, 0.3) is 0 Å². The quantitative estimate of drug-likeness (QED) is 0.342. The van der Waals surface area contributed by atoms with E-state index in [0.29, 0.717) is 12.8 Å². The van der Waals surface area contributed by atoms with Crippen molar-refractivity contribution in [2.24, 2.45) is 5.92 Å². The molecule has 18 heavy (non-hydrogen) atoms. The summed E-state index contributed by atoms with van der Waals surface area (Å²) in [6.07, 6.45) is 2.90. The zero-order valence-electron chi connectivity index (χ0n) is 10.5. The van der Waals surface area contributed by atoms with Crippen molar-refractivity contribution in [1.82, 2.24) is 0 Å². The molecule has 0 aromatic carbocycles. The fourth-order valence-electron chi connectivity index (χ4n) is 2.25. The Morgan fingerprint density at radius 1 is 1.22 bits per heavy atom. The first-order valence-corrected chi connectivity index (χ1v) is 6.63. The second kappa shape index (κ2) is 6.31. The van der Waals surface area contributed by atoms with Crippen LogP contribution in [0, 0.1) is 5.92 Å². The van der Waals surface area contributed by atoms with Crippen LogP contribution in [0.15, 0.2) is 0 Å². The molecule has 5 nitrogen and oxygen atoms in total. The van der Waals surface area contributed by atoms with Crippen LogP contribution in [0.3, 0.4) is 0 Å². The number of hydrogen-bond acceptors (Lipinski definition) is 5. The van der Waals surface area contributed by atoms with E-state index in [0.717, 1.165) is 12.8 Å². The van der Waals surface area contributed by atoms with E-state index in [-0.39, 0.29) is 12.2 Å². The van der Waals surface area contributed by atoms with Crippen LogP contribution in [0.2, 0.25) is 0 Å². The van der Waals surface area contributed by atoms with Crippen LogP contribution in [0.5, 0.6) is 0 Å². The van der Waals surface area contributed by atoms with Crippen LogP contribution < -0.4 is 0 Å². The number of carbonyl (C=O) groups is 3. The van der Waals surface area contributed by atoms with Gasteiger partial charge in [0.05, 0.1) is 14.2 Å². The molecule has 1 unspecified atom stereocenters. The zero-order chi connectivity index (χ0) is 13.8. The Morgan fingerprint density at radius 3 is 2.28 bits per heavy atom. The first-order chi connectivity index (χ1) is 8.46. The SMILES string of the molecule is COC(=O)C(Br)(C(=O)OC)C1CCCCC(=O)C1. The highest BCUT2D eigenvalue weighted by Crippen LogP contribution is 2.38. The lowest BCUT2D eigenvalue weighted by Gasteiger charge is -2.29. The topological polar surface area (TPSA) is 69.7 Å². The Kier molecular flexibility index (Phi) is 5.31. The third-order valence-electron chi connectivity index (χ3n) is 3.26. The van der Waals surface area contributed by atoms with E-state index in [9.17, 15) is 14.4 Å². The molecule has 1 aliphatic rings. The van der Waals surface area contributed by atoms with Gasteiger partial charge in [0, 0.05) is 18.8 Å². The van der Waals surface area contributed by atoms with E-state index in [1.54, 1.807) is 0 Å². The molecule has 0 aliphatic heterocycles. The molecule has 0 spiro atoms. The lowest BCUT2D eigenvalue weighted by atomic mass is 9.85. The Morgan fingerprint density at radius 2 is 1.78 bits per heavy atom. The van der Waals surface area contributed by atoms with Gasteiger partial charge in [-0.3, -0.25) is 4.79 Å². The van der Waals surface area contributed by atoms with E-state index in [4.69, 9.17) is 0 Å². The van der Waals surface area contributed by atoms with E-state index >= 15 is 0 Å². The number of halogens is 1. The zero-order valence-corrected chi connectivity index (χ0v) is 12.1. The molecule has 0 aromatic heterocycles. The largest absolute Gasteiger partial charge is 0.468 e. The van der Waals surface area contributed by atoms with Gasteiger partial charge >= 0.3 is 11.9 Å². The number of rotatable bonds is 3. The average molecular weight is 321 g/mol. The van der Waals surface area contributed by atoms with Gasteiger partial charge < -0.3 is 9.47 Å². The highest BCUT2D eigenvalue weighted by Gasteiger charge is 2.53. The van der Waals surface area contributed by atoms with Crippen LogP contribution in [-0.2, 0) is 23.9 Å². The summed E-state index contributed by atoms with van der Waals surface area (Å²) in [5, 5.41) is 0. The smallest absolute Gasteiger partial charge is 0.334 e. The maximum atomic E-state index is 11.9. The molecule has 1 fully saturated rings. The third-order valence-corrected chi connectivity index (χ3v) is 4.55. The fourth-order valence-corrected chi connectivity index (χ4v) is 2.96. The van der Waals surface area contributed by atoms with Crippen molar-refractivity contribution < 1.29 is 23.9 Å². The molecular formula is C12H17BrO5. The second-order valence-corrected chi connectivity index (χ2v) is 5.63. The van der Waals surface area contributed by atoms with E-state index in [1.807, 2.05) is 0 Å². The highest BCUT2D eigenvalue weighted by molar-refractivity contribution is 9.10. The van der Waals surface area contributed by atoms with Gasteiger partial charge in [-0.2, -0.15) is 0 Å². The van der Waals surface area contributed by atoms with Crippen LogP contribution in [0.25, 0.3) is 0 Å². The molecular weight excluding hydrogens is 304 g/mol. The van der Waals surface area contributed by atoms with E-state index in [2.05, 4.69) is 25.4 Å². The Labute approximate surface area is 114 Å². The summed E-state index contributed by atoms with van der Waals surface area (Å²) >= 11 is 3.16. The molecule has 0 radical (unpaired) electrons. The molecule has 1 saturated carbocycles. The van der Waals surface area contributed by atoms with Gasteiger partial charge in [0.2, 0.25) is 4.32 Å². The highest BCUT2D eigenvalue weighted by atomic mass is 79.9. The number of esters is 2. The first kappa shape index (κ1) is 15.1. The molecule has 0 bridgehead atoms. The summed E-state index contributed by atoms with van der Waals surface area (Å²) in [4.78, 5) is 35.4. The minimum Gasteiger partial charge on any atom is -0.468 e. The molecule has 0 N–H and O–H groups in total. The summed E-state index contributed by atoms with van der Waals surface area (Å²) in [6, 6.07) is 0. The Hall–Kier alpha value is -0.910. The van der Waals surface area contributed by atoms with Crippen molar-refractivity contribution >= 4 is 33.7 Å². The lowest BCUT2D eigenvalue weighted by molar-refractivity contribution is -0.158. The van der Waals surface area contributed by atoms with Crippen LogP contribution in [0.4, 0.5) is 0 Å². The fraction of sp³-hybridized carbons (Fsp3) is 0.750. The minimum atomic E-state index is -1.57. The van der Waals surface area contributed by atoms with E-state index in [1.165, 1.54) is 14.2 Å². The number of Topliss-reactive ketones (excluding diaryl/α,β-unsaturated/α-hetero) is 1. The van der Waals surface area contributed by atoms with Crippen molar-refractivity contribution in [1.29, 1.82) is 0 Å². The van der Waals surface area contributed by atoms with Gasteiger partial charge in [-0.15, -0.1) is 0 Å². The summed E-state index contributed by atoms with van der Waals surface area (Å²) in [5.74, 6) is -1.79. The van der Waals surface area contributed by atoms with Crippen molar-refractivity contribution in [2.75, 3.05) is 14.2 Å². The molecule has 0 amide bonds. The number of hydrogen-bond donors (Lipinski definition) is 0. The molecule has 1 rings (SSSR count). The number of methoxy groups -OCH3 is 2. The third kappa shape index (κ3) is 2.91. The maximum absolute atomic E-state index is 11.9. The molecule has 1 atom stereocenters. The first-order valence-electron chi connectivity index (χ1n) is 5.84. The van der Waals surface area contributed by atoms with Crippen LogP contribution >= 0.6 is 15.9 Å². The number of ketones is 1. The predicted octanol–water partition coefficient (Wildman–Crippen LogP) is 1.62. The summed E-state index contributed by atoms with van der Waals surface area (Å²) in [6.45, 7) is 0. The van der Waals surface area contributed by atoms with Gasteiger partial charge in [0.1, 0.15) is 5.78 Å².